The first kappa shape index (κ1) is 17.8. The second kappa shape index (κ2) is 8.89. The highest BCUT2D eigenvalue weighted by molar-refractivity contribution is 7.11. The van der Waals surface area contributed by atoms with Gasteiger partial charge in [0, 0.05) is 4.88 Å². The molecule has 0 unspecified atom stereocenters. The number of carbonyl (C=O) groups excluding carboxylic acids is 1. The Labute approximate surface area is 145 Å². The van der Waals surface area contributed by atoms with E-state index in [1.807, 2.05) is 38.1 Å². The van der Waals surface area contributed by atoms with E-state index >= 15 is 0 Å². The molecule has 24 heavy (non-hydrogen) atoms. The average Bonchev–Trinajstić information content (AvgIpc) is 2.90. The summed E-state index contributed by atoms with van der Waals surface area (Å²) in [7, 11) is 0. The number of rotatable bonds is 7. The molecule has 7 heteroatoms. The van der Waals surface area contributed by atoms with Gasteiger partial charge >= 0.3 is 6.03 Å². The number of aromatic nitrogens is 1. The normalized spacial score (nSPS) is 10.0. The third kappa shape index (κ3) is 5.56. The molecule has 6 nitrogen and oxygen atoms in total. The van der Waals surface area contributed by atoms with Crippen molar-refractivity contribution in [3.63, 3.8) is 0 Å². The summed E-state index contributed by atoms with van der Waals surface area (Å²) in [4.78, 5) is 17.2. The summed E-state index contributed by atoms with van der Waals surface area (Å²) in [6.45, 7) is 5.18. The first-order valence-electron chi connectivity index (χ1n) is 7.62. The largest absolute Gasteiger partial charge is 0.492 e. The zero-order valence-corrected chi connectivity index (χ0v) is 14.6. The number of benzene rings is 1. The van der Waals surface area contributed by atoms with Crippen molar-refractivity contribution in [1.82, 2.24) is 15.6 Å². The zero-order valence-electron chi connectivity index (χ0n) is 13.8. The van der Waals surface area contributed by atoms with Crippen LogP contribution in [0.25, 0.3) is 0 Å². The summed E-state index contributed by atoms with van der Waals surface area (Å²) in [5, 5.41) is 15.0. The molecule has 2 N–H and O–H groups in total. The average molecular weight is 344 g/mol. The summed E-state index contributed by atoms with van der Waals surface area (Å²) >= 11 is 1.59. The lowest BCUT2D eigenvalue weighted by Crippen LogP contribution is -2.37. The molecular formula is C17H20N4O2S. The topological polar surface area (TPSA) is 87.0 Å². The third-order valence-corrected chi connectivity index (χ3v) is 4.41. The Morgan fingerprint density at radius 3 is 2.67 bits per heavy atom. The predicted octanol–water partition coefficient (Wildman–Crippen LogP) is 2.70. The van der Waals surface area contributed by atoms with E-state index in [4.69, 9.17) is 10.00 Å². The Bertz CT molecular complexity index is 700. The number of carbonyl (C=O) groups is 1. The number of ether oxygens (including phenoxy) is 1. The van der Waals surface area contributed by atoms with E-state index in [9.17, 15) is 4.79 Å². The number of amides is 2. The first-order valence-corrected chi connectivity index (χ1v) is 8.43. The number of nitrogens with zero attached hydrogens (tertiary/aromatic N) is 2. The summed E-state index contributed by atoms with van der Waals surface area (Å²) in [6.07, 6.45) is 0.389. The molecule has 0 aliphatic heterocycles. The van der Waals surface area contributed by atoms with Gasteiger partial charge in [-0.25, -0.2) is 9.78 Å². The maximum Gasteiger partial charge on any atom is 0.315 e. The standard InChI is InChI=1S/C17H20N4O2S/c1-12-13(2)24-16(21-12)11-20-17(22)19-9-10-23-15-5-3-14(4-6-15)7-8-18/h3-6H,7,9-11H2,1-2H3,(H2,19,20,22). The van der Waals surface area contributed by atoms with Crippen LogP contribution in [0.1, 0.15) is 21.1 Å². The molecule has 0 aliphatic rings. The number of nitrogens with one attached hydrogen (secondary N) is 2. The lowest BCUT2D eigenvalue weighted by molar-refractivity contribution is 0.236. The highest BCUT2D eigenvalue weighted by Crippen LogP contribution is 2.15. The van der Waals surface area contributed by atoms with Crippen LogP contribution in [0.5, 0.6) is 5.75 Å². The zero-order chi connectivity index (χ0) is 17.4. The predicted molar refractivity (Wildman–Crippen MR) is 93.1 cm³/mol. The van der Waals surface area contributed by atoms with Crippen molar-refractivity contribution >= 4 is 17.4 Å². The SMILES string of the molecule is Cc1nc(CNC(=O)NCCOc2ccc(CC#N)cc2)sc1C. The monoisotopic (exact) mass is 344 g/mol. The molecule has 0 radical (unpaired) electrons. The van der Waals surface area contributed by atoms with Crippen LogP contribution in [0.15, 0.2) is 24.3 Å². The summed E-state index contributed by atoms with van der Waals surface area (Å²) in [5.74, 6) is 0.715. The Kier molecular flexibility index (Phi) is 6.58. The highest BCUT2D eigenvalue weighted by atomic mass is 32.1. The summed E-state index contributed by atoms with van der Waals surface area (Å²) in [6, 6.07) is 9.21. The van der Waals surface area contributed by atoms with E-state index in [0.29, 0.717) is 31.9 Å². The van der Waals surface area contributed by atoms with E-state index in [0.717, 1.165) is 16.3 Å². The number of hydrogen-bond acceptors (Lipinski definition) is 5. The van der Waals surface area contributed by atoms with Gasteiger partial charge in [0.1, 0.15) is 17.4 Å². The molecule has 0 bridgehead atoms. The fraction of sp³-hybridized carbons (Fsp3) is 0.353. The van der Waals surface area contributed by atoms with Crippen molar-refractivity contribution < 1.29 is 9.53 Å². The van der Waals surface area contributed by atoms with Crippen molar-refractivity contribution in [2.75, 3.05) is 13.2 Å². The first-order chi connectivity index (χ1) is 11.6. The van der Waals surface area contributed by atoms with Crippen LogP contribution in [0.2, 0.25) is 0 Å². The lowest BCUT2D eigenvalue weighted by Gasteiger charge is -2.08. The van der Waals surface area contributed by atoms with Crippen molar-refractivity contribution in [3.8, 4) is 11.8 Å². The van der Waals surface area contributed by atoms with E-state index in [2.05, 4.69) is 21.7 Å². The van der Waals surface area contributed by atoms with E-state index in [1.165, 1.54) is 4.88 Å². The van der Waals surface area contributed by atoms with E-state index in [-0.39, 0.29) is 6.03 Å². The molecule has 2 amide bonds. The van der Waals surface area contributed by atoms with Crippen LogP contribution in [0, 0.1) is 25.2 Å². The maximum absolute atomic E-state index is 11.7. The number of aryl methyl sites for hydroxylation is 2. The number of urea groups is 1. The number of thiazole rings is 1. The molecule has 0 saturated carbocycles. The summed E-state index contributed by atoms with van der Waals surface area (Å²) in [5.41, 5.74) is 1.96. The molecule has 2 aromatic rings. The van der Waals surface area contributed by atoms with Gasteiger partial charge in [-0.3, -0.25) is 0 Å². The van der Waals surface area contributed by atoms with Crippen LogP contribution in [0.4, 0.5) is 4.79 Å². The van der Waals surface area contributed by atoms with E-state index in [1.54, 1.807) is 11.3 Å². The number of hydrogen-bond donors (Lipinski definition) is 2. The molecule has 0 aliphatic carbocycles. The minimum Gasteiger partial charge on any atom is -0.492 e. The molecule has 1 heterocycles. The molecule has 126 valence electrons. The van der Waals surface area contributed by atoms with Gasteiger partial charge in [-0.2, -0.15) is 5.26 Å². The Balaban J connectivity index is 1.63. The molecule has 1 aromatic carbocycles. The molecule has 0 fully saturated rings. The number of nitriles is 1. The molecule has 2 rings (SSSR count). The van der Waals surface area contributed by atoms with Crippen molar-refractivity contribution in [1.29, 1.82) is 5.26 Å². The molecule has 1 aromatic heterocycles. The quantitative estimate of drug-likeness (QED) is 0.756. The van der Waals surface area contributed by atoms with Gasteiger partial charge in [0.25, 0.3) is 0 Å². The third-order valence-electron chi connectivity index (χ3n) is 3.34. The lowest BCUT2D eigenvalue weighted by atomic mass is 10.2. The molecule has 0 spiro atoms. The van der Waals surface area contributed by atoms with Crippen molar-refractivity contribution in [3.05, 3.63) is 45.4 Å². The van der Waals surface area contributed by atoms with Crippen LogP contribution < -0.4 is 15.4 Å². The Morgan fingerprint density at radius 1 is 1.29 bits per heavy atom. The Morgan fingerprint density at radius 2 is 2.04 bits per heavy atom. The fourth-order valence-electron chi connectivity index (χ4n) is 1.96. The molecule has 0 saturated heterocycles. The highest BCUT2D eigenvalue weighted by Gasteiger charge is 2.05. The minimum atomic E-state index is -0.242. The van der Waals surface area contributed by atoms with Crippen LogP contribution in [0.3, 0.4) is 0 Å². The molecular weight excluding hydrogens is 324 g/mol. The van der Waals surface area contributed by atoms with Crippen LogP contribution in [-0.2, 0) is 13.0 Å². The smallest absolute Gasteiger partial charge is 0.315 e. The Hall–Kier alpha value is -2.59. The van der Waals surface area contributed by atoms with Crippen molar-refractivity contribution in [2.45, 2.75) is 26.8 Å². The second-order valence-electron chi connectivity index (χ2n) is 5.19. The second-order valence-corrected chi connectivity index (χ2v) is 6.47. The van der Waals surface area contributed by atoms with Gasteiger partial charge in [-0.05, 0) is 31.5 Å². The minimum absolute atomic E-state index is 0.242. The van der Waals surface area contributed by atoms with Gasteiger partial charge in [0.15, 0.2) is 0 Å². The van der Waals surface area contributed by atoms with E-state index < -0.39 is 0 Å². The van der Waals surface area contributed by atoms with Crippen LogP contribution in [-0.4, -0.2) is 24.2 Å². The van der Waals surface area contributed by atoms with Crippen LogP contribution >= 0.6 is 11.3 Å². The fourth-order valence-corrected chi connectivity index (χ4v) is 2.84. The maximum atomic E-state index is 11.7. The van der Waals surface area contributed by atoms with Crippen molar-refractivity contribution in [2.24, 2.45) is 0 Å². The van der Waals surface area contributed by atoms with Gasteiger partial charge in [-0.1, -0.05) is 12.1 Å². The van der Waals surface area contributed by atoms with Gasteiger partial charge in [0.2, 0.25) is 0 Å². The van der Waals surface area contributed by atoms with Gasteiger partial charge < -0.3 is 15.4 Å². The molecule has 0 atom stereocenters. The van der Waals surface area contributed by atoms with Gasteiger partial charge in [0.05, 0.1) is 31.3 Å². The summed E-state index contributed by atoms with van der Waals surface area (Å²) < 4.78 is 5.54. The van der Waals surface area contributed by atoms with Gasteiger partial charge in [-0.15, -0.1) is 11.3 Å².